The first-order valence-corrected chi connectivity index (χ1v) is 6.16. The van der Waals surface area contributed by atoms with Crippen LogP contribution in [0.5, 0.6) is 11.5 Å². The van der Waals surface area contributed by atoms with Crippen LogP contribution in [-0.2, 0) is 20.4 Å². The van der Waals surface area contributed by atoms with E-state index in [0.29, 0.717) is 0 Å². The summed E-state index contributed by atoms with van der Waals surface area (Å²) in [5, 5.41) is 0. The van der Waals surface area contributed by atoms with Crippen molar-refractivity contribution in [2.45, 2.75) is 0 Å². The van der Waals surface area contributed by atoms with Crippen molar-refractivity contribution in [2.24, 2.45) is 9.98 Å². The summed E-state index contributed by atoms with van der Waals surface area (Å²) in [5.74, 6) is 1.63. The molecule has 0 aliphatic carbocycles. The number of nitrogens with zero attached hydrogens (tertiary/aromatic N) is 2. The Labute approximate surface area is 145 Å². The molecule has 22 heavy (non-hydrogen) atoms. The van der Waals surface area contributed by atoms with Crippen molar-refractivity contribution in [3.05, 3.63) is 56.0 Å². The molecule has 4 nitrogen and oxygen atoms in total. The topological polar surface area (TPSA) is 43.2 Å². The molecule has 0 spiro atoms. The minimum Gasteiger partial charge on any atom is -0.497 e. The van der Waals surface area contributed by atoms with Crippen molar-refractivity contribution in [2.75, 3.05) is 14.2 Å². The Kier molecular flexibility index (Phi) is 9.77. The first-order valence-electron chi connectivity index (χ1n) is 6.16. The van der Waals surface area contributed by atoms with Gasteiger partial charge in [0.25, 0.3) is 0 Å². The van der Waals surface area contributed by atoms with Crippen LogP contribution in [0.25, 0.3) is 0 Å². The summed E-state index contributed by atoms with van der Waals surface area (Å²) in [6, 6.07) is 15.0. The van der Waals surface area contributed by atoms with Gasteiger partial charge in [-0.1, -0.05) is 0 Å². The molecule has 0 heterocycles. The second kappa shape index (κ2) is 10.7. The van der Waals surface area contributed by atoms with E-state index in [1.807, 2.05) is 48.5 Å². The van der Waals surface area contributed by atoms with E-state index in [9.17, 15) is 0 Å². The van der Waals surface area contributed by atoms with Gasteiger partial charge in [0.1, 0.15) is 11.5 Å². The van der Waals surface area contributed by atoms with Gasteiger partial charge in [-0.15, -0.1) is 0 Å². The van der Waals surface area contributed by atoms with Crippen molar-refractivity contribution >= 4 is 23.8 Å². The Bertz CT molecular complexity index is 538. The van der Waals surface area contributed by atoms with Gasteiger partial charge in [0.05, 0.1) is 25.6 Å². The SMILES string of the molecule is COc1ccc(N=CC=Nc2ccc(OC)cc2)cc1.[CH3-].[Pd]. The van der Waals surface area contributed by atoms with Crippen LogP contribution >= 0.6 is 0 Å². The normalized spacial score (nSPS) is 10.1. The number of rotatable bonds is 5. The third-order valence-electron chi connectivity index (χ3n) is 2.66. The van der Waals surface area contributed by atoms with Crippen LogP contribution in [0.1, 0.15) is 0 Å². The van der Waals surface area contributed by atoms with Gasteiger partial charge in [0.2, 0.25) is 0 Å². The second-order valence-electron chi connectivity index (χ2n) is 3.95. The molecule has 0 radical (unpaired) electrons. The number of hydrogen-bond acceptors (Lipinski definition) is 4. The zero-order valence-electron chi connectivity index (χ0n) is 12.8. The smallest absolute Gasteiger partial charge is 0.119 e. The number of hydrogen-bond donors (Lipinski definition) is 0. The molecule has 0 aliphatic rings. The van der Waals surface area contributed by atoms with Crippen LogP contribution in [0.3, 0.4) is 0 Å². The first kappa shape index (κ1) is 20.0. The van der Waals surface area contributed by atoms with E-state index in [4.69, 9.17) is 9.47 Å². The van der Waals surface area contributed by atoms with Gasteiger partial charge in [0.15, 0.2) is 0 Å². The predicted octanol–water partition coefficient (Wildman–Crippen LogP) is 4.26. The Morgan fingerprint density at radius 2 is 1.00 bits per heavy atom. The summed E-state index contributed by atoms with van der Waals surface area (Å²) < 4.78 is 10.2. The standard InChI is InChI=1S/C16H16N2O2.CH3.Pd/c1-19-15-7-3-13(4-8-15)17-11-12-18-14-5-9-16(20-2)10-6-14;;/h3-12H,1-2H3;1H3;/q;-1;. The van der Waals surface area contributed by atoms with Crippen molar-refractivity contribution in [1.29, 1.82) is 0 Å². The molecule has 0 saturated heterocycles. The predicted molar refractivity (Wildman–Crippen MR) is 88.7 cm³/mol. The second-order valence-corrected chi connectivity index (χ2v) is 3.95. The molecule has 0 N–H and O–H groups in total. The molecular formula is C17H19N2O2Pd-. The van der Waals surface area contributed by atoms with Crippen LogP contribution < -0.4 is 9.47 Å². The molecule has 120 valence electrons. The van der Waals surface area contributed by atoms with Crippen LogP contribution in [0.4, 0.5) is 11.4 Å². The van der Waals surface area contributed by atoms with E-state index < -0.39 is 0 Å². The Hall–Kier alpha value is -1.96. The van der Waals surface area contributed by atoms with Crippen molar-refractivity contribution in [3.63, 3.8) is 0 Å². The third kappa shape index (κ3) is 6.21. The molecule has 2 aromatic rings. The Balaban J connectivity index is 0.00000220. The molecule has 0 unspecified atom stereocenters. The number of benzene rings is 2. The molecule has 0 amide bonds. The first-order chi connectivity index (χ1) is 9.81. The number of aliphatic imine (C=N–C) groups is 2. The monoisotopic (exact) mass is 389 g/mol. The van der Waals surface area contributed by atoms with Crippen LogP contribution in [0, 0.1) is 7.43 Å². The fraction of sp³-hybridized carbons (Fsp3) is 0.118. The van der Waals surface area contributed by atoms with Gasteiger partial charge < -0.3 is 16.9 Å². The van der Waals surface area contributed by atoms with Gasteiger partial charge in [-0.25, -0.2) is 0 Å². The Morgan fingerprint density at radius 3 is 1.27 bits per heavy atom. The van der Waals surface area contributed by atoms with Crippen molar-refractivity contribution in [3.8, 4) is 11.5 Å². The molecule has 0 atom stereocenters. The van der Waals surface area contributed by atoms with Crippen molar-refractivity contribution in [1.82, 2.24) is 0 Å². The van der Waals surface area contributed by atoms with Gasteiger partial charge in [0, 0.05) is 32.9 Å². The van der Waals surface area contributed by atoms with Crippen LogP contribution in [-0.4, -0.2) is 26.6 Å². The average Bonchev–Trinajstić information content (AvgIpc) is 2.53. The maximum absolute atomic E-state index is 5.08. The maximum Gasteiger partial charge on any atom is 0.119 e. The van der Waals surface area contributed by atoms with Gasteiger partial charge >= 0.3 is 0 Å². The zero-order valence-corrected chi connectivity index (χ0v) is 14.4. The fourth-order valence-electron chi connectivity index (χ4n) is 1.58. The summed E-state index contributed by atoms with van der Waals surface area (Å²) in [6.07, 6.45) is 3.32. The average molecular weight is 390 g/mol. The summed E-state index contributed by atoms with van der Waals surface area (Å²) in [5.41, 5.74) is 1.71. The number of methoxy groups -OCH3 is 2. The Morgan fingerprint density at radius 1 is 0.682 bits per heavy atom. The van der Waals surface area contributed by atoms with E-state index in [1.165, 1.54) is 0 Å². The van der Waals surface area contributed by atoms with Gasteiger partial charge in [-0.3, -0.25) is 9.98 Å². The van der Waals surface area contributed by atoms with E-state index in [1.54, 1.807) is 26.6 Å². The van der Waals surface area contributed by atoms with E-state index in [2.05, 4.69) is 9.98 Å². The van der Waals surface area contributed by atoms with Crippen LogP contribution in [0.2, 0.25) is 0 Å². The molecule has 2 aromatic carbocycles. The summed E-state index contributed by atoms with van der Waals surface area (Å²) in [7, 11) is 3.28. The van der Waals surface area contributed by atoms with Crippen LogP contribution in [0.15, 0.2) is 58.5 Å². The fourth-order valence-corrected chi connectivity index (χ4v) is 1.58. The van der Waals surface area contributed by atoms with E-state index >= 15 is 0 Å². The third-order valence-corrected chi connectivity index (χ3v) is 2.66. The van der Waals surface area contributed by atoms with E-state index in [-0.39, 0.29) is 27.8 Å². The zero-order chi connectivity index (χ0) is 14.2. The molecular weight excluding hydrogens is 371 g/mol. The van der Waals surface area contributed by atoms with Gasteiger partial charge in [-0.05, 0) is 48.5 Å². The quantitative estimate of drug-likeness (QED) is 0.436. The number of ether oxygens (including phenoxy) is 2. The summed E-state index contributed by atoms with van der Waals surface area (Å²) in [6.45, 7) is 0. The van der Waals surface area contributed by atoms with Crippen molar-refractivity contribution < 1.29 is 29.9 Å². The summed E-state index contributed by atoms with van der Waals surface area (Å²) >= 11 is 0. The molecule has 0 saturated carbocycles. The maximum atomic E-state index is 5.08. The molecule has 0 aromatic heterocycles. The molecule has 2 rings (SSSR count). The largest absolute Gasteiger partial charge is 0.497 e. The minimum absolute atomic E-state index is 0. The summed E-state index contributed by atoms with van der Waals surface area (Å²) in [4.78, 5) is 8.55. The molecule has 5 heteroatoms. The van der Waals surface area contributed by atoms with Gasteiger partial charge in [-0.2, -0.15) is 0 Å². The molecule has 0 bridgehead atoms. The molecule has 0 fully saturated rings. The van der Waals surface area contributed by atoms with E-state index in [0.717, 1.165) is 22.9 Å². The minimum atomic E-state index is 0. The molecule has 0 aliphatic heterocycles.